The van der Waals surface area contributed by atoms with Crippen molar-refractivity contribution in [1.82, 2.24) is 19.7 Å². The summed E-state index contributed by atoms with van der Waals surface area (Å²) in [5.41, 5.74) is 2.13. The average molecular weight is 326 g/mol. The number of nitrogens with zero attached hydrogens (tertiary/aromatic N) is 4. The Bertz CT molecular complexity index is 844. The summed E-state index contributed by atoms with van der Waals surface area (Å²) in [6, 6.07) is 10.4. The van der Waals surface area contributed by atoms with E-state index in [-0.39, 0.29) is 12.2 Å². The first-order valence-electron chi connectivity index (χ1n) is 8.41. The summed E-state index contributed by atoms with van der Waals surface area (Å²) >= 11 is 0. The van der Waals surface area contributed by atoms with Gasteiger partial charge < -0.3 is 18.6 Å². The van der Waals surface area contributed by atoms with Gasteiger partial charge in [0.05, 0.1) is 6.10 Å². The van der Waals surface area contributed by atoms with Gasteiger partial charge in [0.1, 0.15) is 11.8 Å². The van der Waals surface area contributed by atoms with E-state index < -0.39 is 0 Å². The summed E-state index contributed by atoms with van der Waals surface area (Å²) in [5, 5.41) is 9.71. The third-order valence-electron chi connectivity index (χ3n) is 4.50. The second-order valence-corrected chi connectivity index (χ2v) is 6.43. The summed E-state index contributed by atoms with van der Waals surface area (Å²) in [7, 11) is 2.08. The first-order valence-corrected chi connectivity index (χ1v) is 8.41. The smallest absolute Gasteiger partial charge is 0.264 e. The zero-order chi connectivity index (χ0) is 16.7. The van der Waals surface area contributed by atoms with Crippen molar-refractivity contribution >= 4 is 10.9 Å². The highest BCUT2D eigenvalue weighted by Crippen LogP contribution is 2.30. The predicted octanol–water partition coefficient (Wildman–Crippen LogP) is 3.10. The molecule has 0 aliphatic carbocycles. The molecule has 1 aliphatic heterocycles. The minimum atomic E-state index is -0.167. The number of morpholine rings is 1. The summed E-state index contributed by atoms with van der Waals surface area (Å²) in [4.78, 5) is 2.23. The van der Waals surface area contributed by atoms with Crippen LogP contribution in [0.2, 0.25) is 0 Å². The molecule has 0 amide bonds. The molecule has 4 rings (SSSR count). The van der Waals surface area contributed by atoms with E-state index in [1.807, 2.05) is 12.1 Å². The highest BCUT2D eigenvalue weighted by molar-refractivity contribution is 5.85. The maximum absolute atomic E-state index is 5.98. The molecule has 1 fully saturated rings. The number of aromatic nitrogens is 3. The van der Waals surface area contributed by atoms with Crippen molar-refractivity contribution in [1.29, 1.82) is 0 Å². The summed E-state index contributed by atoms with van der Waals surface area (Å²) in [5.74, 6) is 1.10. The molecule has 6 heteroatoms. The highest BCUT2D eigenvalue weighted by atomic mass is 16.5. The Labute approximate surface area is 141 Å². The highest BCUT2D eigenvalue weighted by Gasteiger charge is 2.29. The van der Waals surface area contributed by atoms with Gasteiger partial charge in [0.2, 0.25) is 5.89 Å². The van der Waals surface area contributed by atoms with Crippen LogP contribution in [0.3, 0.4) is 0 Å². The van der Waals surface area contributed by atoms with Gasteiger partial charge >= 0.3 is 0 Å². The van der Waals surface area contributed by atoms with Crippen LogP contribution in [0.1, 0.15) is 25.8 Å². The van der Waals surface area contributed by atoms with E-state index in [2.05, 4.69) is 58.8 Å². The molecule has 0 N–H and O–H groups in total. The van der Waals surface area contributed by atoms with Gasteiger partial charge in [-0.3, -0.25) is 0 Å². The number of likely N-dealkylation sites (N-methyl/N-ethyl adjacent to an activating group) is 1. The Morgan fingerprint density at radius 1 is 1.21 bits per heavy atom. The quantitative estimate of drug-likeness (QED) is 0.740. The van der Waals surface area contributed by atoms with Gasteiger partial charge in [-0.2, -0.15) is 0 Å². The number of hydrogen-bond donors (Lipinski definition) is 0. The van der Waals surface area contributed by atoms with Crippen LogP contribution >= 0.6 is 0 Å². The van der Waals surface area contributed by atoms with E-state index in [4.69, 9.17) is 9.15 Å². The summed E-state index contributed by atoms with van der Waals surface area (Å²) in [6.45, 7) is 6.72. The van der Waals surface area contributed by atoms with Crippen LogP contribution < -0.4 is 0 Å². The van der Waals surface area contributed by atoms with E-state index in [0.717, 1.165) is 25.3 Å². The minimum Gasteiger partial charge on any atom is -0.416 e. The number of hydrogen-bond acceptors (Lipinski definition) is 5. The molecule has 0 radical (unpaired) electrons. The first kappa shape index (κ1) is 15.4. The standard InChI is InChI=1S/C18H22N4O2/c1-4-22-14-8-6-5-7-13(14)9-15(22)17-19-20-18(24-17)16-11-21(3)10-12(2)23-16/h5-9,12,16H,4,10-11H2,1-3H3/t12-,16-/m1/s1. The van der Waals surface area contributed by atoms with Crippen molar-refractivity contribution in [2.75, 3.05) is 20.1 Å². The maximum atomic E-state index is 5.98. The average Bonchev–Trinajstić information content (AvgIpc) is 3.18. The number of benzene rings is 1. The van der Waals surface area contributed by atoms with Crippen molar-refractivity contribution in [3.05, 3.63) is 36.2 Å². The fraction of sp³-hybridized carbons (Fsp3) is 0.444. The molecule has 2 atom stereocenters. The third-order valence-corrected chi connectivity index (χ3v) is 4.50. The summed E-state index contributed by atoms with van der Waals surface area (Å²) < 4.78 is 14.1. The maximum Gasteiger partial charge on any atom is 0.264 e. The molecule has 2 aromatic heterocycles. The SMILES string of the molecule is CCn1c(-c2nnc([C@H]3CN(C)C[C@@H](C)O3)o2)cc2ccccc21. The molecule has 3 heterocycles. The lowest BCUT2D eigenvalue weighted by atomic mass is 10.2. The topological polar surface area (TPSA) is 56.3 Å². The number of para-hydroxylation sites is 1. The first-order chi connectivity index (χ1) is 11.7. The van der Waals surface area contributed by atoms with Gasteiger partial charge in [-0.1, -0.05) is 18.2 Å². The van der Waals surface area contributed by atoms with Gasteiger partial charge in [-0.15, -0.1) is 10.2 Å². The van der Waals surface area contributed by atoms with E-state index in [1.54, 1.807) is 0 Å². The van der Waals surface area contributed by atoms with Crippen LogP contribution in [-0.4, -0.2) is 45.9 Å². The number of rotatable bonds is 3. The Morgan fingerprint density at radius 3 is 2.83 bits per heavy atom. The lowest BCUT2D eigenvalue weighted by molar-refractivity contribution is -0.0821. The van der Waals surface area contributed by atoms with E-state index >= 15 is 0 Å². The molecule has 24 heavy (non-hydrogen) atoms. The van der Waals surface area contributed by atoms with Gasteiger partial charge in [0.25, 0.3) is 5.89 Å². The van der Waals surface area contributed by atoms with E-state index in [1.165, 1.54) is 10.9 Å². The molecule has 0 unspecified atom stereocenters. The Kier molecular flexibility index (Phi) is 3.86. The zero-order valence-corrected chi connectivity index (χ0v) is 14.3. The van der Waals surface area contributed by atoms with Crippen molar-refractivity contribution in [2.24, 2.45) is 0 Å². The molecule has 3 aromatic rings. The Balaban J connectivity index is 1.70. The van der Waals surface area contributed by atoms with Gasteiger partial charge in [0, 0.05) is 30.5 Å². The van der Waals surface area contributed by atoms with Gasteiger partial charge in [-0.05, 0) is 33.0 Å². The van der Waals surface area contributed by atoms with Crippen molar-refractivity contribution in [3.8, 4) is 11.6 Å². The predicted molar refractivity (Wildman–Crippen MR) is 91.7 cm³/mol. The largest absolute Gasteiger partial charge is 0.416 e. The Hall–Kier alpha value is -2.18. The Morgan fingerprint density at radius 2 is 2.04 bits per heavy atom. The molecule has 1 saturated heterocycles. The molecular formula is C18H22N4O2. The zero-order valence-electron chi connectivity index (χ0n) is 14.3. The van der Waals surface area contributed by atoms with Crippen LogP contribution in [0, 0.1) is 0 Å². The second-order valence-electron chi connectivity index (χ2n) is 6.43. The van der Waals surface area contributed by atoms with Crippen LogP contribution in [0.25, 0.3) is 22.5 Å². The fourth-order valence-electron chi connectivity index (χ4n) is 3.50. The monoisotopic (exact) mass is 326 g/mol. The van der Waals surface area contributed by atoms with E-state index in [0.29, 0.717) is 11.8 Å². The lowest BCUT2D eigenvalue weighted by Crippen LogP contribution is -2.40. The van der Waals surface area contributed by atoms with Gasteiger partial charge in [-0.25, -0.2) is 0 Å². The number of aryl methyl sites for hydroxylation is 1. The second kappa shape index (κ2) is 6.03. The van der Waals surface area contributed by atoms with Gasteiger partial charge in [0.15, 0.2) is 0 Å². The molecule has 6 nitrogen and oxygen atoms in total. The third kappa shape index (κ3) is 2.61. The molecule has 0 saturated carbocycles. The molecule has 126 valence electrons. The lowest BCUT2D eigenvalue weighted by Gasteiger charge is -2.32. The molecule has 0 bridgehead atoms. The molecule has 0 spiro atoms. The van der Waals surface area contributed by atoms with Crippen LogP contribution in [0.5, 0.6) is 0 Å². The van der Waals surface area contributed by atoms with E-state index in [9.17, 15) is 0 Å². The number of fused-ring (bicyclic) bond motifs is 1. The normalized spacial score (nSPS) is 22.3. The minimum absolute atomic E-state index is 0.159. The van der Waals surface area contributed by atoms with Crippen LogP contribution in [0.4, 0.5) is 0 Å². The molecule has 1 aliphatic rings. The van der Waals surface area contributed by atoms with Crippen molar-refractivity contribution in [2.45, 2.75) is 32.6 Å². The van der Waals surface area contributed by atoms with Crippen molar-refractivity contribution in [3.63, 3.8) is 0 Å². The van der Waals surface area contributed by atoms with Crippen LogP contribution in [-0.2, 0) is 11.3 Å². The summed E-state index contributed by atoms with van der Waals surface area (Å²) in [6.07, 6.45) is -0.00866. The van der Waals surface area contributed by atoms with Crippen LogP contribution in [0.15, 0.2) is 34.7 Å². The molecule has 1 aromatic carbocycles. The fourth-order valence-corrected chi connectivity index (χ4v) is 3.50. The molecular weight excluding hydrogens is 304 g/mol. The van der Waals surface area contributed by atoms with Crippen molar-refractivity contribution < 1.29 is 9.15 Å². The number of ether oxygens (including phenoxy) is 1.